The van der Waals surface area contributed by atoms with Crippen molar-refractivity contribution in [2.45, 2.75) is 91.1 Å². The number of rotatable bonds is 3. The van der Waals surface area contributed by atoms with Gasteiger partial charge in [0.2, 0.25) is 5.91 Å². The van der Waals surface area contributed by atoms with Crippen LogP contribution in [0.4, 0.5) is 0 Å². The fourth-order valence-corrected chi connectivity index (χ4v) is 8.24. The molecule has 4 rings (SSSR count). The van der Waals surface area contributed by atoms with Crippen molar-refractivity contribution in [3.05, 3.63) is 0 Å². The summed E-state index contributed by atoms with van der Waals surface area (Å²) in [5.41, 5.74) is -0.195. The van der Waals surface area contributed by atoms with Gasteiger partial charge in [-0.1, -0.05) is 6.92 Å². The molecule has 8 atom stereocenters. The molecule has 4 aliphatic rings. The van der Waals surface area contributed by atoms with E-state index in [0.29, 0.717) is 5.91 Å². The summed E-state index contributed by atoms with van der Waals surface area (Å²) in [6.07, 6.45) is 10.8. The third-order valence-electron chi connectivity index (χ3n) is 9.61. The maximum atomic E-state index is 13.2. The first-order valence-corrected chi connectivity index (χ1v) is 11.8. The number of nitrogens with zero attached hydrogens (tertiary/aromatic N) is 1. The first-order valence-electron chi connectivity index (χ1n) is 11.8. The van der Waals surface area contributed by atoms with Crippen LogP contribution in [0.1, 0.15) is 85.5 Å². The van der Waals surface area contributed by atoms with Crippen molar-refractivity contribution in [1.29, 1.82) is 0 Å². The average molecular weight is 376 g/mol. The lowest BCUT2D eigenvalue weighted by molar-refractivity contribution is -0.144. The Hall–Kier alpha value is -0.570. The largest absolute Gasteiger partial charge is 0.390 e. The lowest BCUT2D eigenvalue weighted by Gasteiger charge is -2.57. The summed E-state index contributed by atoms with van der Waals surface area (Å²) in [6.45, 7) is 10.4. The smallest absolute Gasteiger partial charge is 0.226 e. The Morgan fingerprint density at radius 3 is 2.33 bits per heavy atom. The number of carbonyl (C=O) groups is 1. The molecule has 154 valence electrons. The highest BCUT2D eigenvalue weighted by atomic mass is 16.3. The molecule has 4 fully saturated rings. The van der Waals surface area contributed by atoms with Gasteiger partial charge in [-0.3, -0.25) is 4.79 Å². The molecule has 27 heavy (non-hydrogen) atoms. The number of hydrogen-bond donors (Lipinski definition) is 1. The van der Waals surface area contributed by atoms with E-state index < -0.39 is 5.60 Å². The van der Waals surface area contributed by atoms with Crippen LogP contribution in [-0.2, 0) is 4.79 Å². The Morgan fingerprint density at radius 1 is 0.926 bits per heavy atom. The molecule has 0 spiro atoms. The predicted molar refractivity (Wildman–Crippen MR) is 109 cm³/mol. The maximum Gasteiger partial charge on any atom is 0.226 e. The number of fused-ring (bicyclic) bond motifs is 5. The van der Waals surface area contributed by atoms with Crippen LogP contribution in [0.2, 0.25) is 0 Å². The van der Waals surface area contributed by atoms with Crippen molar-refractivity contribution < 1.29 is 9.90 Å². The summed E-state index contributed by atoms with van der Waals surface area (Å²) < 4.78 is 0. The highest BCUT2D eigenvalue weighted by molar-refractivity contribution is 5.80. The predicted octanol–water partition coefficient (Wildman–Crippen LogP) is 4.87. The van der Waals surface area contributed by atoms with Gasteiger partial charge in [0, 0.05) is 19.0 Å². The minimum absolute atomic E-state index is 0.230. The van der Waals surface area contributed by atoms with Crippen molar-refractivity contribution in [2.75, 3.05) is 13.1 Å². The van der Waals surface area contributed by atoms with Gasteiger partial charge in [-0.05, 0) is 114 Å². The molecule has 1 N–H and O–H groups in total. The molecule has 3 heteroatoms. The van der Waals surface area contributed by atoms with Crippen molar-refractivity contribution in [3.8, 4) is 0 Å². The normalized spacial score (nSPS) is 49.1. The second-order valence-electron chi connectivity index (χ2n) is 10.9. The quantitative estimate of drug-likeness (QED) is 0.764. The van der Waals surface area contributed by atoms with Gasteiger partial charge in [0.25, 0.3) is 0 Å². The van der Waals surface area contributed by atoms with Gasteiger partial charge < -0.3 is 10.0 Å². The van der Waals surface area contributed by atoms with Crippen LogP contribution in [0, 0.1) is 40.9 Å². The van der Waals surface area contributed by atoms with E-state index in [-0.39, 0.29) is 11.3 Å². The Balaban J connectivity index is 1.52. The Morgan fingerprint density at radius 2 is 1.63 bits per heavy atom. The molecule has 0 aliphatic heterocycles. The van der Waals surface area contributed by atoms with E-state index in [1.165, 1.54) is 38.5 Å². The third-order valence-corrected chi connectivity index (χ3v) is 9.61. The minimum Gasteiger partial charge on any atom is -0.390 e. The molecule has 1 amide bonds. The molecule has 0 unspecified atom stereocenters. The summed E-state index contributed by atoms with van der Waals surface area (Å²) in [6, 6.07) is 0. The molecule has 3 nitrogen and oxygen atoms in total. The lowest BCUT2D eigenvalue weighted by atomic mass is 9.49. The topological polar surface area (TPSA) is 40.5 Å². The summed E-state index contributed by atoms with van der Waals surface area (Å²) in [4.78, 5) is 15.3. The summed E-state index contributed by atoms with van der Waals surface area (Å²) >= 11 is 0. The van der Waals surface area contributed by atoms with Gasteiger partial charge in [0.1, 0.15) is 0 Å². The number of carbonyl (C=O) groups excluding carboxylic acids is 1. The van der Waals surface area contributed by atoms with E-state index in [1.54, 1.807) is 0 Å². The molecule has 0 aromatic heterocycles. The SMILES string of the molecule is CCN(CC)C(=O)[C@H]1CC[C@H]2[C@@H]3CC[C@@H]4C[C@](C)(O)CC[C@@H]4[C@H]3CC[C@]12C. The monoisotopic (exact) mass is 375 g/mol. The van der Waals surface area contributed by atoms with Crippen molar-refractivity contribution in [3.63, 3.8) is 0 Å². The fourth-order valence-electron chi connectivity index (χ4n) is 8.24. The van der Waals surface area contributed by atoms with Crippen LogP contribution in [0.3, 0.4) is 0 Å². The number of amides is 1. The Bertz CT molecular complexity index is 569. The van der Waals surface area contributed by atoms with Gasteiger partial charge in [0.15, 0.2) is 0 Å². The van der Waals surface area contributed by atoms with Crippen LogP contribution >= 0.6 is 0 Å². The second kappa shape index (κ2) is 7.04. The summed E-state index contributed by atoms with van der Waals surface area (Å²) in [7, 11) is 0. The first kappa shape index (κ1) is 19.7. The zero-order chi connectivity index (χ0) is 19.4. The Kier molecular flexibility index (Phi) is 5.15. The molecule has 0 radical (unpaired) electrons. The van der Waals surface area contributed by atoms with E-state index in [2.05, 4.69) is 25.7 Å². The first-order chi connectivity index (χ1) is 12.8. The maximum absolute atomic E-state index is 13.2. The molecule has 0 saturated heterocycles. The van der Waals surface area contributed by atoms with Crippen molar-refractivity contribution >= 4 is 5.91 Å². The third kappa shape index (κ3) is 3.16. The highest BCUT2D eigenvalue weighted by Crippen LogP contribution is 2.64. The molecule has 0 aromatic rings. The molecule has 0 aromatic carbocycles. The number of aliphatic hydroxyl groups is 1. The fraction of sp³-hybridized carbons (Fsp3) is 0.958. The summed E-state index contributed by atoms with van der Waals surface area (Å²) in [5.74, 6) is 4.73. The zero-order valence-electron chi connectivity index (χ0n) is 18.0. The number of hydrogen-bond acceptors (Lipinski definition) is 2. The summed E-state index contributed by atoms with van der Waals surface area (Å²) in [5, 5.41) is 10.6. The molecule has 0 heterocycles. The van der Waals surface area contributed by atoms with E-state index in [1.807, 2.05) is 6.92 Å². The van der Waals surface area contributed by atoms with Crippen LogP contribution in [0.15, 0.2) is 0 Å². The lowest BCUT2D eigenvalue weighted by Crippen LogP contribution is -2.52. The van der Waals surface area contributed by atoms with Crippen molar-refractivity contribution in [2.24, 2.45) is 40.9 Å². The molecular formula is C24H41NO2. The van der Waals surface area contributed by atoms with E-state index in [9.17, 15) is 9.90 Å². The highest BCUT2D eigenvalue weighted by Gasteiger charge is 2.59. The van der Waals surface area contributed by atoms with E-state index in [0.717, 1.165) is 61.9 Å². The van der Waals surface area contributed by atoms with Gasteiger partial charge in [-0.2, -0.15) is 0 Å². The molecule has 4 saturated carbocycles. The van der Waals surface area contributed by atoms with Crippen LogP contribution < -0.4 is 0 Å². The molecule has 4 aliphatic carbocycles. The van der Waals surface area contributed by atoms with E-state index >= 15 is 0 Å². The van der Waals surface area contributed by atoms with Crippen LogP contribution in [-0.4, -0.2) is 34.6 Å². The molecule has 0 bridgehead atoms. The van der Waals surface area contributed by atoms with Gasteiger partial charge in [-0.25, -0.2) is 0 Å². The van der Waals surface area contributed by atoms with Gasteiger partial charge >= 0.3 is 0 Å². The van der Waals surface area contributed by atoms with E-state index in [4.69, 9.17) is 0 Å². The van der Waals surface area contributed by atoms with Crippen LogP contribution in [0.25, 0.3) is 0 Å². The zero-order valence-corrected chi connectivity index (χ0v) is 18.0. The molecular weight excluding hydrogens is 334 g/mol. The minimum atomic E-state index is -0.425. The van der Waals surface area contributed by atoms with Gasteiger partial charge in [0.05, 0.1) is 5.60 Å². The Labute approximate surface area is 166 Å². The standard InChI is InChI=1S/C24H41NO2/c1-5-25(6-2)22(26)21-10-9-20-19-8-7-16-15-23(3,27)13-11-17(16)18(19)12-14-24(20,21)4/h16-21,27H,5-15H2,1-4H3/t16-,17+,18-,19-,20+,21-,23-,24+/m1/s1. The van der Waals surface area contributed by atoms with Crippen LogP contribution in [0.5, 0.6) is 0 Å². The second-order valence-corrected chi connectivity index (χ2v) is 10.9. The van der Waals surface area contributed by atoms with Gasteiger partial charge in [-0.15, -0.1) is 0 Å². The van der Waals surface area contributed by atoms with Crippen molar-refractivity contribution in [1.82, 2.24) is 4.90 Å². The average Bonchev–Trinajstić information content (AvgIpc) is 2.98.